The molecule has 9 heteroatoms. The van der Waals surface area contributed by atoms with Crippen molar-refractivity contribution in [3.8, 4) is 0 Å². The first-order valence-corrected chi connectivity index (χ1v) is 11.9. The molecule has 0 bridgehead atoms. The van der Waals surface area contributed by atoms with Crippen LogP contribution in [-0.2, 0) is 26.0 Å². The Balaban J connectivity index is 1.48. The number of aromatic nitrogens is 1. The fourth-order valence-electron chi connectivity index (χ4n) is 3.58. The zero-order chi connectivity index (χ0) is 22.3. The van der Waals surface area contributed by atoms with Gasteiger partial charge in [-0.25, -0.2) is 13.1 Å². The molecular weight excluding hydrogens is 418 g/mol. The van der Waals surface area contributed by atoms with Crippen molar-refractivity contribution in [2.75, 3.05) is 13.2 Å². The maximum atomic E-state index is 12.7. The molecule has 0 radical (unpaired) electrons. The number of aliphatic hydroxyl groups excluding tert-OH is 1. The molecule has 1 fully saturated rings. The zero-order valence-electron chi connectivity index (χ0n) is 17.5. The van der Waals surface area contributed by atoms with Gasteiger partial charge in [0.1, 0.15) is 0 Å². The van der Waals surface area contributed by atoms with Gasteiger partial charge in [-0.1, -0.05) is 17.7 Å². The Morgan fingerprint density at radius 2 is 1.87 bits per heavy atom. The van der Waals surface area contributed by atoms with Gasteiger partial charge in [0, 0.05) is 18.9 Å². The van der Waals surface area contributed by atoms with Crippen molar-refractivity contribution in [1.29, 1.82) is 0 Å². The molecule has 1 aliphatic heterocycles. The van der Waals surface area contributed by atoms with Gasteiger partial charge in [-0.2, -0.15) is 0 Å². The van der Waals surface area contributed by atoms with E-state index in [9.17, 15) is 18.3 Å². The molecule has 1 aromatic carbocycles. The molecule has 1 saturated heterocycles. The van der Waals surface area contributed by atoms with Crippen LogP contribution < -0.4 is 10.0 Å². The number of pyridine rings is 1. The van der Waals surface area contributed by atoms with E-state index in [-0.39, 0.29) is 29.9 Å². The summed E-state index contributed by atoms with van der Waals surface area (Å²) in [6, 6.07) is 9.82. The van der Waals surface area contributed by atoms with Crippen molar-refractivity contribution in [3.63, 3.8) is 0 Å². The van der Waals surface area contributed by atoms with Gasteiger partial charge >= 0.3 is 0 Å². The van der Waals surface area contributed by atoms with Crippen LogP contribution in [0.15, 0.2) is 53.7 Å². The number of nitrogens with one attached hydrogen (secondary N) is 2. The van der Waals surface area contributed by atoms with Crippen molar-refractivity contribution < 1.29 is 23.1 Å². The number of hydrogen-bond donors (Lipinski definition) is 3. The third kappa shape index (κ3) is 6.83. The Bertz CT molecular complexity index is 951. The summed E-state index contributed by atoms with van der Waals surface area (Å²) < 4.78 is 33.8. The highest BCUT2D eigenvalue weighted by molar-refractivity contribution is 7.89. The minimum absolute atomic E-state index is 0.130. The molecular formula is C22H29N3O5S. The maximum Gasteiger partial charge on any atom is 0.240 e. The van der Waals surface area contributed by atoms with Crippen LogP contribution in [0.3, 0.4) is 0 Å². The van der Waals surface area contributed by atoms with Gasteiger partial charge in [0.2, 0.25) is 15.9 Å². The van der Waals surface area contributed by atoms with Crippen molar-refractivity contribution >= 4 is 15.9 Å². The Kier molecular flexibility index (Phi) is 8.14. The van der Waals surface area contributed by atoms with E-state index in [1.54, 1.807) is 36.7 Å². The third-order valence-corrected chi connectivity index (χ3v) is 6.84. The number of carbonyl (C=O) groups excluding carboxylic acids is 1. The lowest BCUT2D eigenvalue weighted by Crippen LogP contribution is -2.51. The smallest absolute Gasteiger partial charge is 0.240 e. The first-order valence-electron chi connectivity index (χ1n) is 10.4. The van der Waals surface area contributed by atoms with Crippen LogP contribution in [0.1, 0.15) is 30.4 Å². The largest absolute Gasteiger partial charge is 0.394 e. The second-order valence-corrected chi connectivity index (χ2v) is 9.47. The number of aliphatic hydroxyl groups is 1. The first kappa shape index (κ1) is 23.3. The molecule has 3 rings (SSSR count). The van der Waals surface area contributed by atoms with Crippen molar-refractivity contribution in [1.82, 2.24) is 15.0 Å². The zero-order valence-corrected chi connectivity index (χ0v) is 18.3. The van der Waals surface area contributed by atoms with Crippen LogP contribution in [0.4, 0.5) is 0 Å². The number of rotatable bonds is 9. The van der Waals surface area contributed by atoms with Gasteiger partial charge in [0.05, 0.1) is 36.2 Å². The molecule has 1 amide bonds. The summed E-state index contributed by atoms with van der Waals surface area (Å²) in [6.07, 6.45) is 4.24. The number of sulfonamides is 1. The molecule has 31 heavy (non-hydrogen) atoms. The molecule has 2 aromatic rings. The monoisotopic (exact) mass is 447 g/mol. The van der Waals surface area contributed by atoms with Crippen LogP contribution in [0.5, 0.6) is 0 Å². The summed E-state index contributed by atoms with van der Waals surface area (Å²) in [5, 5.41) is 12.6. The molecule has 0 aliphatic carbocycles. The Labute approximate surface area is 183 Å². The summed E-state index contributed by atoms with van der Waals surface area (Å²) in [5.41, 5.74) is 2.06. The quantitative estimate of drug-likeness (QED) is 0.534. The highest BCUT2D eigenvalue weighted by Gasteiger charge is 2.34. The van der Waals surface area contributed by atoms with Crippen molar-refractivity contribution in [3.05, 3.63) is 59.9 Å². The normalized spacial score (nSPS) is 21.5. The highest BCUT2D eigenvalue weighted by Crippen LogP contribution is 2.23. The van der Waals surface area contributed by atoms with E-state index >= 15 is 0 Å². The van der Waals surface area contributed by atoms with E-state index in [0.717, 1.165) is 11.1 Å². The van der Waals surface area contributed by atoms with E-state index in [4.69, 9.17) is 4.74 Å². The van der Waals surface area contributed by atoms with Gasteiger partial charge < -0.3 is 15.2 Å². The number of aryl methyl sites for hydroxylation is 1. The first-order chi connectivity index (χ1) is 14.9. The van der Waals surface area contributed by atoms with Crippen LogP contribution in [0.2, 0.25) is 0 Å². The second-order valence-electron chi connectivity index (χ2n) is 7.76. The maximum absolute atomic E-state index is 12.7. The Hall–Kier alpha value is -2.33. The van der Waals surface area contributed by atoms with E-state index in [1.807, 2.05) is 19.1 Å². The lowest BCUT2D eigenvalue weighted by molar-refractivity contribution is -0.130. The summed E-state index contributed by atoms with van der Waals surface area (Å²) >= 11 is 0. The SMILES string of the molecule is Cc1ccc(S(=O)(=O)N[C@H]2CC[C@@H](CC(=O)NCCc3ccncc3)O[C@@H]2CO)cc1. The van der Waals surface area contributed by atoms with Gasteiger partial charge in [0.15, 0.2) is 0 Å². The minimum Gasteiger partial charge on any atom is -0.394 e. The summed E-state index contributed by atoms with van der Waals surface area (Å²) in [5.74, 6) is -0.130. The summed E-state index contributed by atoms with van der Waals surface area (Å²) in [4.78, 5) is 16.4. The lowest BCUT2D eigenvalue weighted by Gasteiger charge is -2.35. The summed E-state index contributed by atoms with van der Waals surface area (Å²) in [7, 11) is -3.72. The third-order valence-electron chi connectivity index (χ3n) is 5.33. The standard InChI is InChI=1S/C22H29N3O5S/c1-16-2-5-19(6-3-16)31(28,29)25-20-7-4-18(30-21(20)15-26)14-22(27)24-13-10-17-8-11-23-12-9-17/h2-3,5-6,8-9,11-12,18,20-21,25-26H,4,7,10,13-15H2,1H3,(H,24,27)/t18-,20-,21+/m0/s1. The number of amides is 1. The average molecular weight is 448 g/mol. The Morgan fingerprint density at radius 1 is 1.16 bits per heavy atom. The van der Waals surface area contributed by atoms with Crippen LogP contribution in [0, 0.1) is 6.92 Å². The molecule has 0 unspecified atom stereocenters. The average Bonchev–Trinajstić information content (AvgIpc) is 2.75. The molecule has 1 aliphatic rings. The molecule has 3 atom stereocenters. The number of carbonyl (C=O) groups is 1. The minimum atomic E-state index is -3.72. The Morgan fingerprint density at radius 3 is 2.55 bits per heavy atom. The van der Waals surface area contributed by atoms with Gasteiger partial charge in [-0.15, -0.1) is 0 Å². The number of ether oxygens (including phenoxy) is 1. The van der Waals surface area contributed by atoms with E-state index in [0.29, 0.717) is 25.8 Å². The predicted octanol–water partition coefficient (Wildman–Crippen LogP) is 1.33. The second kappa shape index (κ2) is 10.8. The van der Waals surface area contributed by atoms with E-state index in [2.05, 4.69) is 15.0 Å². The number of benzene rings is 1. The van der Waals surface area contributed by atoms with Crippen LogP contribution >= 0.6 is 0 Å². The number of nitrogens with zero attached hydrogens (tertiary/aromatic N) is 1. The molecule has 1 aromatic heterocycles. The van der Waals surface area contributed by atoms with Gasteiger partial charge in [-0.05, 0) is 56.0 Å². The predicted molar refractivity (Wildman–Crippen MR) is 116 cm³/mol. The lowest BCUT2D eigenvalue weighted by atomic mass is 9.98. The molecule has 3 N–H and O–H groups in total. The number of hydrogen-bond acceptors (Lipinski definition) is 6. The highest BCUT2D eigenvalue weighted by atomic mass is 32.2. The molecule has 8 nitrogen and oxygen atoms in total. The van der Waals surface area contributed by atoms with Gasteiger partial charge in [-0.3, -0.25) is 9.78 Å². The van der Waals surface area contributed by atoms with Crippen LogP contribution in [0.25, 0.3) is 0 Å². The topological polar surface area (TPSA) is 118 Å². The van der Waals surface area contributed by atoms with Gasteiger partial charge in [0.25, 0.3) is 0 Å². The van der Waals surface area contributed by atoms with Crippen LogP contribution in [-0.4, -0.2) is 55.8 Å². The molecule has 0 saturated carbocycles. The van der Waals surface area contributed by atoms with E-state index in [1.165, 1.54) is 0 Å². The summed E-state index contributed by atoms with van der Waals surface area (Å²) in [6.45, 7) is 2.06. The fourth-order valence-corrected chi connectivity index (χ4v) is 4.87. The van der Waals surface area contributed by atoms with Crippen molar-refractivity contribution in [2.45, 2.75) is 55.8 Å². The molecule has 168 valence electrons. The van der Waals surface area contributed by atoms with E-state index < -0.39 is 22.2 Å². The van der Waals surface area contributed by atoms with Crippen molar-refractivity contribution in [2.24, 2.45) is 0 Å². The molecule has 2 heterocycles. The molecule has 0 spiro atoms. The fraction of sp³-hybridized carbons (Fsp3) is 0.455.